The minimum atomic E-state index is 1.37. The Morgan fingerprint density at radius 2 is 1.33 bits per heavy atom. The zero-order valence-electron chi connectivity index (χ0n) is 10.9. The zero-order chi connectivity index (χ0) is 11.0. The number of unbranched alkanes of at least 4 members (excludes halogenated alkanes) is 3. The maximum Gasteiger partial charge on any atom is 0.0786 e. The standard InChI is InChI=1S/C14H30N/c1-3-5-8-12-15(11-6-4-2)13-9-7-10-14-15/h3-14H2,1-2H3/q+1. The predicted molar refractivity (Wildman–Crippen MR) is 68.0 cm³/mol. The van der Waals surface area contributed by atoms with Gasteiger partial charge >= 0.3 is 0 Å². The van der Waals surface area contributed by atoms with E-state index in [-0.39, 0.29) is 0 Å². The Morgan fingerprint density at radius 3 is 1.93 bits per heavy atom. The van der Waals surface area contributed by atoms with E-state index in [0.29, 0.717) is 0 Å². The van der Waals surface area contributed by atoms with Gasteiger partial charge in [0.05, 0.1) is 26.2 Å². The first-order valence-corrected chi connectivity index (χ1v) is 7.18. The van der Waals surface area contributed by atoms with Crippen LogP contribution in [-0.2, 0) is 0 Å². The Hall–Kier alpha value is -0.0400. The summed E-state index contributed by atoms with van der Waals surface area (Å²) in [4.78, 5) is 0. The molecule has 1 heteroatoms. The van der Waals surface area contributed by atoms with Gasteiger partial charge in [0.25, 0.3) is 0 Å². The van der Waals surface area contributed by atoms with E-state index < -0.39 is 0 Å². The quantitative estimate of drug-likeness (QED) is 0.442. The second-order valence-electron chi connectivity index (χ2n) is 5.36. The average Bonchev–Trinajstić information content (AvgIpc) is 2.28. The van der Waals surface area contributed by atoms with Gasteiger partial charge in [-0.3, -0.25) is 0 Å². The van der Waals surface area contributed by atoms with E-state index in [1.165, 1.54) is 82.0 Å². The van der Waals surface area contributed by atoms with Crippen molar-refractivity contribution in [1.29, 1.82) is 0 Å². The molecule has 0 bridgehead atoms. The summed E-state index contributed by atoms with van der Waals surface area (Å²) in [5.41, 5.74) is 0. The highest BCUT2D eigenvalue weighted by atomic mass is 15.3. The topological polar surface area (TPSA) is 0 Å². The molecule has 0 aromatic rings. The number of nitrogens with zero attached hydrogens (tertiary/aromatic N) is 1. The molecule has 90 valence electrons. The monoisotopic (exact) mass is 212 g/mol. The second-order valence-corrected chi connectivity index (χ2v) is 5.36. The third-order valence-corrected chi connectivity index (χ3v) is 3.99. The van der Waals surface area contributed by atoms with Gasteiger partial charge < -0.3 is 4.48 Å². The molecule has 0 N–H and O–H groups in total. The van der Waals surface area contributed by atoms with Crippen LogP contribution >= 0.6 is 0 Å². The minimum absolute atomic E-state index is 1.37. The number of hydrogen-bond donors (Lipinski definition) is 0. The van der Waals surface area contributed by atoms with E-state index in [4.69, 9.17) is 0 Å². The van der Waals surface area contributed by atoms with Gasteiger partial charge in [-0.15, -0.1) is 0 Å². The fourth-order valence-electron chi connectivity index (χ4n) is 2.93. The van der Waals surface area contributed by atoms with E-state index in [9.17, 15) is 0 Å². The molecule has 1 rings (SSSR count). The van der Waals surface area contributed by atoms with E-state index >= 15 is 0 Å². The summed E-state index contributed by atoms with van der Waals surface area (Å²) in [6, 6.07) is 0. The highest BCUT2D eigenvalue weighted by molar-refractivity contribution is 4.55. The van der Waals surface area contributed by atoms with Crippen LogP contribution in [0.15, 0.2) is 0 Å². The zero-order valence-corrected chi connectivity index (χ0v) is 10.9. The highest BCUT2D eigenvalue weighted by Gasteiger charge is 2.28. The van der Waals surface area contributed by atoms with Gasteiger partial charge in [0.15, 0.2) is 0 Å². The minimum Gasteiger partial charge on any atom is -0.324 e. The first-order chi connectivity index (χ1) is 7.33. The number of rotatable bonds is 7. The van der Waals surface area contributed by atoms with Gasteiger partial charge in [-0.05, 0) is 38.5 Å². The molecule has 0 spiro atoms. The van der Waals surface area contributed by atoms with Crippen LogP contribution < -0.4 is 0 Å². The Morgan fingerprint density at radius 1 is 0.733 bits per heavy atom. The average molecular weight is 212 g/mol. The van der Waals surface area contributed by atoms with Crippen molar-refractivity contribution in [2.75, 3.05) is 26.2 Å². The highest BCUT2D eigenvalue weighted by Crippen LogP contribution is 2.21. The molecule has 1 aliphatic heterocycles. The maximum atomic E-state index is 2.33. The lowest BCUT2D eigenvalue weighted by Crippen LogP contribution is -2.52. The lowest BCUT2D eigenvalue weighted by atomic mass is 10.0. The molecule has 0 unspecified atom stereocenters. The summed E-state index contributed by atoms with van der Waals surface area (Å²) in [6.07, 6.45) is 11.5. The Kier molecular flexibility index (Phi) is 6.31. The van der Waals surface area contributed by atoms with Crippen LogP contribution in [0.25, 0.3) is 0 Å². The van der Waals surface area contributed by atoms with Crippen molar-refractivity contribution in [2.24, 2.45) is 0 Å². The predicted octanol–water partition coefficient (Wildman–Crippen LogP) is 3.98. The Labute approximate surface area is 96.4 Å². The second kappa shape index (κ2) is 7.27. The van der Waals surface area contributed by atoms with Gasteiger partial charge in [0.2, 0.25) is 0 Å². The van der Waals surface area contributed by atoms with Gasteiger partial charge in [0, 0.05) is 0 Å². The van der Waals surface area contributed by atoms with Gasteiger partial charge in [-0.1, -0.05) is 26.7 Å². The molecule has 0 amide bonds. The van der Waals surface area contributed by atoms with Gasteiger partial charge in [-0.25, -0.2) is 0 Å². The van der Waals surface area contributed by atoms with Crippen molar-refractivity contribution >= 4 is 0 Å². The van der Waals surface area contributed by atoms with Crippen molar-refractivity contribution < 1.29 is 4.48 Å². The molecule has 0 saturated carbocycles. The fourth-order valence-corrected chi connectivity index (χ4v) is 2.93. The summed E-state index contributed by atoms with van der Waals surface area (Å²) in [6.45, 7) is 10.5. The number of likely N-dealkylation sites (tertiary alicyclic amines) is 1. The number of quaternary nitrogens is 1. The van der Waals surface area contributed by atoms with Crippen LogP contribution in [0.2, 0.25) is 0 Å². The Bertz CT molecular complexity index is 147. The molecular weight excluding hydrogens is 182 g/mol. The molecule has 1 aliphatic rings. The Balaban J connectivity index is 2.35. The third kappa shape index (κ3) is 4.55. The third-order valence-electron chi connectivity index (χ3n) is 3.99. The molecular formula is C14H30N+. The first kappa shape index (κ1) is 13.0. The molecule has 0 aliphatic carbocycles. The van der Waals surface area contributed by atoms with Crippen LogP contribution in [0.1, 0.15) is 65.2 Å². The first-order valence-electron chi connectivity index (χ1n) is 7.18. The van der Waals surface area contributed by atoms with Crippen LogP contribution in [-0.4, -0.2) is 30.7 Å². The molecule has 0 aromatic heterocycles. The SMILES string of the molecule is CCCCC[N+]1(CCCC)CCCCC1. The molecule has 0 radical (unpaired) electrons. The normalized spacial score (nSPS) is 20.4. The molecule has 1 heterocycles. The molecule has 0 atom stereocenters. The molecule has 1 saturated heterocycles. The van der Waals surface area contributed by atoms with Crippen LogP contribution in [0.5, 0.6) is 0 Å². The smallest absolute Gasteiger partial charge is 0.0786 e. The van der Waals surface area contributed by atoms with Crippen LogP contribution in [0.3, 0.4) is 0 Å². The molecule has 1 fully saturated rings. The summed E-state index contributed by atoms with van der Waals surface area (Å²) < 4.78 is 1.47. The van der Waals surface area contributed by atoms with Crippen molar-refractivity contribution in [2.45, 2.75) is 65.2 Å². The van der Waals surface area contributed by atoms with E-state index in [1.807, 2.05) is 0 Å². The van der Waals surface area contributed by atoms with Crippen molar-refractivity contribution in [1.82, 2.24) is 0 Å². The number of piperidine rings is 1. The summed E-state index contributed by atoms with van der Waals surface area (Å²) in [5.74, 6) is 0. The molecule has 0 aromatic carbocycles. The van der Waals surface area contributed by atoms with Gasteiger partial charge in [0.1, 0.15) is 0 Å². The van der Waals surface area contributed by atoms with E-state index in [2.05, 4.69) is 13.8 Å². The summed E-state index contributed by atoms with van der Waals surface area (Å²) >= 11 is 0. The van der Waals surface area contributed by atoms with Crippen LogP contribution in [0.4, 0.5) is 0 Å². The molecule has 15 heavy (non-hydrogen) atoms. The molecule has 1 nitrogen and oxygen atoms in total. The van der Waals surface area contributed by atoms with Gasteiger partial charge in [-0.2, -0.15) is 0 Å². The fraction of sp³-hybridized carbons (Fsp3) is 1.00. The van der Waals surface area contributed by atoms with E-state index in [1.54, 1.807) is 0 Å². The largest absolute Gasteiger partial charge is 0.324 e. The van der Waals surface area contributed by atoms with Crippen LogP contribution in [0, 0.1) is 0 Å². The number of hydrogen-bond acceptors (Lipinski definition) is 0. The van der Waals surface area contributed by atoms with E-state index in [0.717, 1.165) is 0 Å². The van der Waals surface area contributed by atoms with Crippen molar-refractivity contribution in [3.8, 4) is 0 Å². The van der Waals surface area contributed by atoms with Crippen molar-refractivity contribution in [3.05, 3.63) is 0 Å². The summed E-state index contributed by atoms with van der Waals surface area (Å²) in [5, 5.41) is 0. The lowest BCUT2D eigenvalue weighted by molar-refractivity contribution is -0.932. The maximum absolute atomic E-state index is 2.33. The van der Waals surface area contributed by atoms with Crippen molar-refractivity contribution in [3.63, 3.8) is 0 Å². The summed E-state index contributed by atoms with van der Waals surface area (Å²) in [7, 11) is 0. The lowest BCUT2D eigenvalue weighted by Gasteiger charge is -2.42.